The summed E-state index contributed by atoms with van der Waals surface area (Å²) in [4.78, 5) is 32.7. The lowest BCUT2D eigenvalue weighted by Crippen LogP contribution is -2.25. The highest BCUT2D eigenvalue weighted by Crippen LogP contribution is 2.33. The molecule has 1 N–H and O–H groups in total. The molecule has 0 radical (unpaired) electrons. The van der Waals surface area contributed by atoms with Gasteiger partial charge in [-0.2, -0.15) is 9.97 Å². The second kappa shape index (κ2) is 24.3. The highest BCUT2D eigenvalue weighted by atomic mass is 35.5. The number of aromatic nitrogens is 4. The zero-order chi connectivity index (χ0) is 42.7. The van der Waals surface area contributed by atoms with Gasteiger partial charge >= 0.3 is 11.9 Å². The molecule has 2 saturated carbocycles. The molecule has 0 saturated heterocycles. The average molecular weight is 870 g/mol. The number of carbonyl (C=O) groups is 2. The van der Waals surface area contributed by atoms with Crippen LogP contribution in [0.2, 0.25) is 10.0 Å². The third-order valence-electron chi connectivity index (χ3n) is 11.1. The second-order valence-corrected chi connectivity index (χ2v) is 18.1. The Morgan fingerprint density at radius 2 is 1.10 bits per heavy atom. The van der Waals surface area contributed by atoms with Crippen molar-refractivity contribution in [3.63, 3.8) is 0 Å². The van der Waals surface area contributed by atoms with Gasteiger partial charge in [0.1, 0.15) is 17.1 Å². The van der Waals surface area contributed by atoms with Gasteiger partial charge in [0.15, 0.2) is 13.2 Å². The third-order valence-corrected chi connectivity index (χ3v) is 11.6. The summed E-state index contributed by atoms with van der Waals surface area (Å²) in [6, 6.07) is 14.1. The van der Waals surface area contributed by atoms with E-state index < -0.39 is 11.6 Å². The fourth-order valence-corrected chi connectivity index (χ4v) is 8.27. The molecule has 2 aliphatic carbocycles. The Kier molecular flexibility index (Phi) is 19.0. The van der Waals surface area contributed by atoms with Crippen molar-refractivity contribution in [2.24, 2.45) is 11.8 Å². The van der Waals surface area contributed by atoms with Crippen LogP contribution in [0.5, 0.6) is 11.5 Å². The molecular formula is C46H62Cl2N4O8. The van der Waals surface area contributed by atoms with Gasteiger partial charge in [0, 0.05) is 21.9 Å². The number of esters is 1. The number of benzene rings is 2. The van der Waals surface area contributed by atoms with Gasteiger partial charge in [0.2, 0.25) is 23.4 Å². The van der Waals surface area contributed by atoms with Gasteiger partial charge in [-0.1, -0.05) is 123 Å². The maximum atomic E-state index is 12.5. The van der Waals surface area contributed by atoms with Crippen molar-refractivity contribution in [2.75, 3.05) is 0 Å². The first-order valence-corrected chi connectivity index (χ1v) is 22.5. The largest absolute Gasteiger partial charge is 0.485 e. The van der Waals surface area contributed by atoms with Gasteiger partial charge in [0.25, 0.3) is 0 Å². The highest BCUT2D eigenvalue weighted by molar-refractivity contribution is 6.30. The van der Waals surface area contributed by atoms with E-state index in [1.165, 1.54) is 70.6 Å². The van der Waals surface area contributed by atoms with Gasteiger partial charge in [-0.05, 0) is 94.0 Å². The van der Waals surface area contributed by atoms with E-state index >= 15 is 0 Å². The van der Waals surface area contributed by atoms with Crippen LogP contribution in [0.1, 0.15) is 172 Å². The fraction of sp³-hybridized carbons (Fsp3) is 0.609. The third kappa shape index (κ3) is 17.4. The molecule has 0 aliphatic heterocycles. The predicted octanol–water partition coefficient (Wildman–Crippen LogP) is 12.5. The molecule has 12 nitrogen and oxygen atoms in total. The number of hydrogen-bond donors (Lipinski definition) is 1. The van der Waals surface area contributed by atoms with Crippen LogP contribution in [0.3, 0.4) is 0 Å². The summed E-state index contributed by atoms with van der Waals surface area (Å²) in [5, 5.41) is 18.5. The van der Waals surface area contributed by atoms with Crippen molar-refractivity contribution >= 4 is 35.1 Å². The molecule has 0 bridgehead atoms. The molecule has 2 heterocycles. The smallest absolute Gasteiger partial charge is 0.307 e. The first-order chi connectivity index (χ1) is 28.9. The summed E-state index contributed by atoms with van der Waals surface area (Å²) in [6.45, 7) is 5.98. The summed E-state index contributed by atoms with van der Waals surface area (Å²) in [5.74, 6) is 3.17. The van der Waals surface area contributed by atoms with Gasteiger partial charge < -0.3 is 28.4 Å². The minimum Gasteiger partial charge on any atom is -0.485 e. The number of carbonyl (C=O) groups excluding carboxylic acids is 1. The Morgan fingerprint density at radius 3 is 1.50 bits per heavy atom. The van der Waals surface area contributed by atoms with Gasteiger partial charge in [-0.3, -0.25) is 9.59 Å². The number of carboxylic acids is 1. The average Bonchev–Trinajstić information content (AvgIpc) is 3.91. The van der Waals surface area contributed by atoms with Gasteiger partial charge in [-0.15, -0.1) is 0 Å². The molecule has 0 spiro atoms. The molecule has 2 fully saturated rings. The summed E-state index contributed by atoms with van der Waals surface area (Å²) in [7, 11) is 0. The number of aliphatic carboxylic acids is 1. The van der Waals surface area contributed by atoms with Gasteiger partial charge in [0.05, 0.1) is 12.8 Å². The van der Waals surface area contributed by atoms with E-state index in [-0.39, 0.29) is 43.9 Å². The minimum atomic E-state index is -0.847. The van der Waals surface area contributed by atoms with Gasteiger partial charge in [-0.25, -0.2) is 0 Å². The molecule has 14 heteroatoms. The van der Waals surface area contributed by atoms with Crippen LogP contribution in [0.25, 0.3) is 0 Å². The monoisotopic (exact) mass is 868 g/mol. The summed E-state index contributed by atoms with van der Waals surface area (Å²) in [6.07, 6.45) is 19.5. The van der Waals surface area contributed by atoms with Crippen LogP contribution >= 0.6 is 23.2 Å². The fourth-order valence-electron chi connectivity index (χ4n) is 8.02. The van der Waals surface area contributed by atoms with Crippen molar-refractivity contribution in [3.05, 3.63) is 82.0 Å². The molecule has 60 heavy (non-hydrogen) atoms. The quantitative estimate of drug-likeness (QED) is 0.0839. The van der Waals surface area contributed by atoms with Crippen molar-refractivity contribution < 1.29 is 38.0 Å². The SMILES string of the molecule is CC(C)(C)OC(=O)C[C@@H](CCCC1CCCCC1)c1nc(COc2ccc(Cl)cc2)no1.O=C(O)C[C@@H](CCCC1CCCCC1)c1nc(COc2ccc(Cl)cc2)no1. The predicted molar refractivity (Wildman–Crippen MR) is 229 cm³/mol. The topological polar surface area (TPSA) is 160 Å². The van der Waals surface area contributed by atoms with E-state index in [2.05, 4.69) is 20.3 Å². The van der Waals surface area contributed by atoms with E-state index in [1.54, 1.807) is 48.5 Å². The molecule has 2 atom stereocenters. The zero-order valence-electron chi connectivity index (χ0n) is 35.4. The van der Waals surface area contributed by atoms with E-state index in [0.29, 0.717) is 45.0 Å². The zero-order valence-corrected chi connectivity index (χ0v) is 36.9. The summed E-state index contributed by atoms with van der Waals surface area (Å²) < 4.78 is 27.8. The molecule has 0 unspecified atom stereocenters. The lowest BCUT2D eigenvalue weighted by molar-refractivity contribution is -0.155. The van der Waals surface area contributed by atoms with Crippen molar-refractivity contribution in [1.29, 1.82) is 0 Å². The Bertz CT molecular complexity index is 1850. The molecule has 2 aromatic heterocycles. The Hall–Kier alpha value is -4.16. The second-order valence-electron chi connectivity index (χ2n) is 17.2. The number of hydrogen-bond acceptors (Lipinski definition) is 11. The highest BCUT2D eigenvalue weighted by Gasteiger charge is 2.27. The van der Waals surface area contributed by atoms with Crippen LogP contribution in [-0.2, 0) is 27.5 Å². The molecule has 2 aromatic carbocycles. The maximum Gasteiger partial charge on any atom is 0.307 e. The first kappa shape index (κ1) is 46.9. The lowest BCUT2D eigenvalue weighted by atomic mass is 9.84. The lowest BCUT2D eigenvalue weighted by Gasteiger charge is -2.23. The van der Waals surface area contributed by atoms with Crippen LogP contribution < -0.4 is 9.47 Å². The van der Waals surface area contributed by atoms with Crippen LogP contribution in [0.4, 0.5) is 0 Å². The van der Waals surface area contributed by atoms with E-state index in [4.69, 9.17) is 46.5 Å². The van der Waals surface area contributed by atoms with E-state index in [1.807, 2.05) is 20.8 Å². The first-order valence-electron chi connectivity index (χ1n) is 21.7. The van der Waals surface area contributed by atoms with Crippen LogP contribution in [0.15, 0.2) is 57.6 Å². The number of nitrogens with zero attached hydrogens (tertiary/aromatic N) is 4. The summed E-state index contributed by atoms with van der Waals surface area (Å²) >= 11 is 11.8. The number of rotatable bonds is 20. The standard InChI is InChI=1S/C25H35ClN2O4.C21H27ClN2O4/c1-25(2,3)31-23(29)16-19(11-7-10-18-8-5-4-6-9-18)24-27-22(28-32-24)17-30-21-14-12-20(26)13-15-21;22-17-9-11-18(12-10-17)27-14-19-23-21(28-24-19)16(13-20(25)26)8-4-7-15-5-2-1-3-6-15/h12-15,18-19H,4-11,16-17H2,1-3H3;9-12,15-16H,1-8,13-14H2,(H,25,26)/t19-;16-/m11/s1. The molecular weight excluding hydrogens is 807 g/mol. The molecule has 6 rings (SSSR count). The van der Waals surface area contributed by atoms with E-state index in [9.17, 15) is 14.7 Å². The minimum absolute atomic E-state index is 0.00431. The maximum absolute atomic E-state index is 12.5. The van der Waals surface area contributed by atoms with E-state index in [0.717, 1.165) is 43.9 Å². The Balaban J connectivity index is 0.000000230. The van der Waals surface area contributed by atoms with Crippen LogP contribution in [-0.4, -0.2) is 42.9 Å². The number of carboxylic acid groups (broad SMARTS) is 1. The molecule has 4 aromatic rings. The van der Waals surface area contributed by atoms with Crippen molar-refractivity contribution in [3.8, 4) is 11.5 Å². The molecule has 0 amide bonds. The molecule has 2 aliphatic rings. The summed E-state index contributed by atoms with van der Waals surface area (Å²) in [5.41, 5.74) is -0.518. The van der Waals surface area contributed by atoms with Crippen LogP contribution in [0, 0.1) is 11.8 Å². The molecule has 328 valence electrons. The Morgan fingerprint density at radius 1 is 0.683 bits per heavy atom. The Labute approximate surface area is 364 Å². The number of ether oxygens (including phenoxy) is 3. The van der Waals surface area contributed by atoms with Crippen molar-refractivity contribution in [1.82, 2.24) is 20.3 Å². The normalized spacial score (nSPS) is 16.0. The van der Waals surface area contributed by atoms with Crippen molar-refractivity contribution in [2.45, 2.75) is 167 Å². The number of halogens is 2.